The van der Waals surface area contributed by atoms with E-state index in [1.807, 2.05) is 13.8 Å². The molecule has 26 heavy (non-hydrogen) atoms. The highest BCUT2D eigenvalue weighted by Gasteiger charge is 2.84. The smallest absolute Gasteiger partial charge is 0.190 e. The number of hydrogen-bond donors (Lipinski definition) is 5. The molecule has 4 unspecified atom stereocenters. The van der Waals surface area contributed by atoms with Crippen molar-refractivity contribution in [2.75, 3.05) is 6.61 Å². The fourth-order valence-corrected chi connectivity index (χ4v) is 6.45. The molecule has 0 aliphatic heterocycles. The van der Waals surface area contributed by atoms with Gasteiger partial charge in [-0.15, -0.1) is 0 Å². The number of rotatable bonds is 1. The van der Waals surface area contributed by atoms with Crippen LogP contribution in [0.15, 0.2) is 23.3 Å². The Balaban J connectivity index is 1.96. The molecule has 2 saturated carbocycles. The number of ketones is 1. The number of aliphatic hydroxyl groups excluding tert-OH is 2. The first-order chi connectivity index (χ1) is 11.9. The molecule has 6 nitrogen and oxygen atoms in total. The van der Waals surface area contributed by atoms with E-state index in [1.54, 1.807) is 26.0 Å². The van der Waals surface area contributed by atoms with Crippen LogP contribution in [-0.4, -0.2) is 60.8 Å². The van der Waals surface area contributed by atoms with Gasteiger partial charge in [0.25, 0.3) is 0 Å². The van der Waals surface area contributed by atoms with E-state index in [4.69, 9.17) is 0 Å². The first kappa shape index (κ1) is 18.3. The lowest BCUT2D eigenvalue weighted by atomic mass is 9.59. The van der Waals surface area contributed by atoms with Gasteiger partial charge >= 0.3 is 0 Å². The molecule has 4 rings (SSSR count). The standard InChI is InChI=1S/C20H28O6/c1-9-5-13-18(24,15(9)22)7-11(8-21)6-12-14-17(3,4)20(14,26)16(23)10(2)19(12,13)25/h5-6,10,12-14,16,21,23-26H,7-8H2,1-4H3/t10?,12-,13?,14?,16+,18+,19?,20+/m0/s1. The average Bonchev–Trinajstić information content (AvgIpc) is 2.97. The summed E-state index contributed by atoms with van der Waals surface area (Å²) in [6.07, 6.45) is 2.08. The van der Waals surface area contributed by atoms with Crippen LogP contribution in [0.3, 0.4) is 0 Å². The summed E-state index contributed by atoms with van der Waals surface area (Å²) in [6, 6.07) is 0. The van der Waals surface area contributed by atoms with Gasteiger partial charge < -0.3 is 25.5 Å². The molecule has 4 aliphatic rings. The number of carbonyl (C=O) groups is 1. The van der Waals surface area contributed by atoms with Crippen LogP contribution >= 0.6 is 0 Å². The van der Waals surface area contributed by atoms with E-state index in [1.165, 1.54) is 0 Å². The summed E-state index contributed by atoms with van der Waals surface area (Å²) in [7, 11) is 0. The van der Waals surface area contributed by atoms with E-state index < -0.39 is 57.8 Å². The van der Waals surface area contributed by atoms with Crippen LogP contribution in [-0.2, 0) is 4.79 Å². The van der Waals surface area contributed by atoms with E-state index >= 15 is 0 Å². The number of aliphatic hydroxyl groups is 5. The highest BCUT2D eigenvalue weighted by Crippen LogP contribution is 2.74. The second-order valence-electron chi connectivity index (χ2n) is 9.41. The second kappa shape index (κ2) is 4.86. The number of fused-ring (bicyclic) bond motifs is 5. The maximum Gasteiger partial charge on any atom is 0.190 e. The average molecular weight is 364 g/mol. The zero-order valence-corrected chi connectivity index (χ0v) is 15.6. The Morgan fingerprint density at radius 1 is 1.19 bits per heavy atom. The first-order valence-corrected chi connectivity index (χ1v) is 9.27. The van der Waals surface area contributed by atoms with Crippen molar-refractivity contribution < 1.29 is 30.3 Å². The highest BCUT2D eigenvalue weighted by molar-refractivity contribution is 6.04. The number of Topliss-reactive ketones (excluding diaryl/α,β-unsaturated/α-hetero) is 1. The Labute approximate surface area is 152 Å². The molecule has 2 fully saturated rings. The van der Waals surface area contributed by atoms with Crippen molar-refractivity contribution in [3.05, 3.63) is 23.3 Å². The molecule has 5 N–H and O–H groups in total. The molecule has 0 saturated heterocycles. The van der Waals surface area contributed by atoms with Crippen molar-refractivity contribution in [3.63, 3.8) is 0 Å². The van der Waals surface area contributed by atoms with Crippen molar-refractivity contribution in [2.24, 2.45) is 29.1 Å². The Bertz CT molecular complexity index is 753. The van der Waals surface area contributed by atoms with E-state index in [-0.39, 0.29) is 13.0 Å². The van der Waals surface area contributed by atoms with Gasteiger partial charge in [0, 0.05) is 35.5 Å². The minimum atomic E-state index is -1.84. The molecule has 0 radical (unpaired) electrons. The van der Waals surface area contributed by atoms with E-state index in [9.17, 15) is 30.3 Å². The summed E-state index contributed by atoms with van der Waals surface area (Å²) >= 11 is 0. The van der Waals surface area contributed by atoms with Crippen molar-refractivity contribution in [1.29, 1.82) is 0 Å². The number of carbonyl (C=O) groups excluding carboxylic acids is 1. The van der Waals surface area contributed by atoms with Crippen LogP contribution < -0.4 is 0 Å². The normalized spacial score (nSPS) is 54.5. The zero-order valence-electron chi connectivity index (χ0n) is 15.6. The van der Waals surface area contributed by atoms with Crippen molar-refractivity contribution >= 4 is 5.78 Å². The van der Waals surface area contributed by atoms with Crippen LogP contribution in [0, 0.1) is 29.1 Å². The SMILES string of the molecule is CC1=CC2C3(O)C(C)[C@@H](O)[C@]4(O)C([C@@H]3C=C(CO)C[C@]2(O)C1=O)C4(C)C. The molecular weight excluding hydrogens is 336 g/mol. The van der Waals surface area contributed by atoms with Crippen LogP contribution in [0.2, 0.25) is 0 Å². The van der Waals surface area contributed by atoms with Gasteiger partial charge in [0.15, 0.2) is 5.78 Å². The maximum atomic E-state index is 12.7. The topological polar surface area (TPSA) is 118 Å². The molecule has 8 atom stereocenters. The molecule has 0 bridgehead atoms. The molecule has 4 aliphatic carbocycles. The molecule has 0 aromatic heterocycles. The fourth-order valence-electron chi connectivity index (χ4n) is 6.45. The maximum absolute atomic E-state index is 12.7. The lowest BCUT2D eigenvalue weighted by molar-refractivity contribution is -0.209. The van der Waals surface area contributed by atoms with Crippen LogP contribution in [0.4, 0.5) is 0 Å². The van der Waals surface area contributed by atoms with Gasteiger partial charge in [0.2, 0.25) is 0 Å². The lowest BCUT2D eigenvalue weighted by Crippen LogP contribution is -2.65. The quantitative estimate of drug-likeness (QED) is 0.416. The summed E-state index contributed by atoms with van der Waals surface area (Å²) in [6.45, 7) is 6.63. The van der Waals surface area contributed by atoms with Gasteiger partial charge in [-0.05, 0) is 18.1 Å². The third kappa shape index (κ3) is 1.69. The monoisotopic (exact) mass is 364 g/mol. The van der Waals surface area contributed by atoms with Crippen molar-refractivity contribution in [1.82, 2.24) is 0 Å². The predicted molar refractivity (Wildman–Crippen MR) is 92.8 cm³/mol. The minimum absolute atomic E-state index is 0.0615. The predicted octanol–water partition coefficient (Wildman–Crippen LogP) is -0.0699. The Morgan fingerprint density at radius 3 is 2.38 bits per heavy atom. The molecule has 0 amide bonds. The Morgan fingerprint density at radius 2 is 1.81 bits per heavy atom. The molecule has 6 heteroatoms. The summed E-state index contributed by atoms with van der Waals surface area (Å²) in [4.78, 5) is 12.7. The molecular formula is C20H28O6. The van der Waals surface area contributed by atoms with Gasteiger partial charge in [-0.2, -0.15) is 0 Å². The molecule has 0 aromatic rings. The second-order valence-corrected chi connectivity index (χ2v) is 9.41. The Kier molecular flexibility index (Phi) is 3.42. The summed E-state index contributed by atoms with van der Waals surface area (Å²) < 4.78 is 0. The third-order valence-electron chi connectivity index (χ3n) is 8.04. The third-order valence-corrected chi connectivity index (χ3v) is 8.04. The number of hydrogen-bond acceptors (Lipinski definition) is 6. The van der Waals surface area contributed by atoms with E-state index in [0.29, 0.717) is 11.1 Å². The Hall–Kier alpha value is -1.05. The van der Waals surface area contributed by atoms with E-state index in [0.717, 1.165) is 0 Å². The van der Waals surface area contributed by atoms with Crippen LogP contribution in [0.5, 0.6) is 0 Å². The van der Waals surface area contributed by atoms with Gasteiger partial charge in [-0.3, -0.25) is 4.79 Å². The van der Waals surface area contributed by atoms with Crippen LogP contribution in [0.25, 0.3) is 0 Å². The summed E-state index contributed by atoms with van der Waals surface area (Å²) in [5, 5.41) is 54.9. The van der Waals surface area contributed by atoms with Gasteiger partial charge in [0.1, 0.15) is 11.2 Å². The summed E-state index contributed by atoms with van der Waals surface area (Å²) in [5.74, 6) is -3.14. The van der Waals surface area contributed by atoms with E-state index in [2.05, 4.69) is 0 Å². The van der Waals surface area contributed by atoms with Gasteiger partial charge in [-0.1, -0.05) is 32.9 Å². The van der Waals surface area contributed by atoms with Crippen molar-refractivity contribution in [3.8, 4) is 0 Å². The summed E-state index contributed by atoms with van der Waals surface area (Å²) in [5.41, 5.74) is -4.57. The molecule has 0 aromatic carbocycles. The molecule has 144 valence electrons. The fraction of sp³-hybridized carbons (Fsp3) is 0.750. The van der Waals surface area contributed by atoms with Gasteiger partial charge in [-0.25, -0.2) is 0 Å². The molecule has 0 heterocycles. The van der Waals surface area contributed by atoms with Crippen molar-refractivity contribution in [2.45, 2.75) is 57.0 Å². The zero-order chi connectivity index (χ0) is 19.4. The van der Waals surface area contributed by atoms with Crippen LogP contribution in [0.1, 0.15) is 34.1 Å². The largest absolute Gasteiger partial charge is 0.392 e. The lowest BCUT2D eigenvalue weighted by Gasteiger charge is -2.51. The minimum Gasteiger partial charge on any atom is -0.392 e. The first-order valence-electron chi connectivity index (χ1n) is 9.27. The highest BCUT2D eigenvalue weighted by atomic mass is 16.4. The molecule has 0 spiro atoms. The van der Waals surface area contributed by atoms with Gasteiger partial charge in [0.05, 0.1) is 18.3 Å².